The number of hydrogen-bond donors (Lipinski definition) is 0. The number of carbonyl (C=O) groups excluding carboxylic acids is 1. The van der Waals surface area contributed by atoms with Gasteiger partial charge in [-0.1, -0.05) is 23.8 Å². The Morgan fingerprint density at radius 1 is 1.43 bits per heavy atom. The van der Waals surface area contributed by atoms with Gasteiger partial charge in [-0.25, -0.2) is 13.6 Å². The van der Waals surface area contributed by atoms with Crippen molar-refractivity contribution in [3.05, 3.63) is 58.7 Å². The molecule has 0 unspecified atom stereocenters. The molecule has 0 aliphatic carbocycles. The normalized spacial score (nSPS) is 11.2. The Labute approximate surface area is 122 Å². The third-order valence-electron chi connectivity index (χ3n) is 2.45. The molecule has 106 valence electrons. The maximum Gasteiger partial charge on any atom is 0.340 e. The van der Waals surface area contributed by atoms with Crippen LogP contribution in [0.5, 0.6) is 0 Å². The number of esters is 1. The summed E-state index contributed by atoms with van der Waals surface area (Å²) in [5, 5.41) is 0. The molecule has 4 heteroatoms. The third-order valence-corrected chi connectivity index (χ3v) is 2.45. The lowest BCUT2D eigenvalue weighted by Crippen LogP contribution is -2.04. The standard InChI is InChI=1S/C17H12F2O2/c1-4-6-13(15(18)5-2)9-7-12-8-10-14(16(19)11-12)17(20)21-3/h1,5-6,8,10-11H,2-3H3/b13-6-,15-5+. The fourth-order valence-corrected chi connectivity index (χ4v) is 1.41. The molecule has 0 aliphatic heterocycles. The van der Waals surface area contributed by atoms with E-state index >= 15 is 0 Å². The Balaban J connectivity index is 3.14. The lowest BCUT2D eigenvalue weighted by molar-refractivity contribution is 0.0595. The van der Waals surface area contributed by atoms with Crippen LogP contribution < -0.4 is 0 Å². The molecule has 0 heterocycles. The van der Waals surface area contributed by atoms with E-state index < -0.39 is 17.6 Å². The highest BCUT2D eigenvalue weighted by Crippen LogP contribution is 2.13. The molecule has 0 N–H and O–H groups in total. The van der Waals surface area contributed by atoms with Crippen molar-refractivity contribution < 1.29 is 18.3 Å². The Morgan fingerprint density at radius 2 is 2.14 bits per heavy atom. The molecule has 21 heavy (non-hydrogen) atoms. The number of carbonyl (C=O) groups is 1. The average Bonchev–Trinajstić information content (AvgIpc) is 2.50. The second kappa shape index (κ2) is 7.67. The number of halogens is 2. The molecular weight excluding hydrogens is 274 g/mol. The number of benzene rings is 1. The van der Waals surface area contributed by atoms with Gasteiger partial charge in [-0.15, -0.1) is 6.42 Å². The van der Waals surface area contributed by atoms with Gasteiger partial charge in [0, 0.05) is 11.6 Å². The van der Waals surface area contributed by atoms with Crippen LogP contribution in [-0.4, -0.2) is 13.1 Å². The van der Waals surface area contributed by atoms with Crippen LogP contribution in [-0.2, 0) is 4.74 Å². The molecular formula is C17H12F2O2. The first kappa shape index (κ1) is 16.2. The van der Waals surface area contributed by atoms with E-state index in [-0.39, 0.29) is 16.7 Å². The van der Waals surface area contributed by atoms with Crippen molar-refractivity contribution in [3.63, 3.8) is 0 Å². The number of hydrogen-bond acceptors (Lipinski definition) is 2. The number of rotatable bonds is 2. The zero-order chi connectivity index (χ0) is 15.8. The molecule has 0 radical (unpaired) electrons. The maximum absolute atomic E-state index is 13.7. The number of terminal acetylenes is 1. The van der Waals surface area contributed by atoms with Crippen molar-refractivity contribution in [1.82, 2.24) is 0 Å². The molecule has 0 bridgehead atoms. The van der Waals surface area contributed by atoms with E-state index in [9.17, 15) is 13.6 Å². The van der Waals surface area contributed by atoms with E-state index in [1.165, 1.54) is 31.2 Å². The molecule has 0 saturated carbocycles. The average molecular weight is 286 g/mol. The zero-order valence-corrected chi connectivity index (χ0v) is 11.5. The SMILES string of the molecule is C#C/C=C(C#Cc1ccc(C(=O)OC)c(F)c1)\C(F)=C/C. The molecule has 1 rings (SSSR count). The van der Waals surface area contributed by atoms with E-state index in [4.69, 9.17) is 6.42 Å². The molecule has 1 aromatic rings. The highest BCUT2D eigenvalue weighted by molar-refractivity contribution is 5.89. The van der Waals surface area contributed by atoms with Crippen molar-refractivity contribution in [2.45, 2.75) is 6.92 Å². The van der Waals surface area contributed by atoms with Crippen LogP contribution in [0.3, 0.4) is 0 Å². The van der Waals surface area contributed by atoms with Gasteiger partial charge in [0.05, 0.1) is 18.2 Å². The van der Waals surface area contributed by atoms with Crippen LogP contribution in [0.1, 0.15) is 22.8 Å². The molecule has 2 nitrogen and oxygen atoms in total. The van der Waals surface area contributed by atoms with E-state index in [0.29, 0.717) is 0 Å². The van der Waals surface area contributed by atoms with Crippen molar-refractivity contribution in [2.75, 3.05) is 7.11 Å². The number of allylic oxidation sites excluding steroid dienone is 4. The second-order valence-electron chi connectivity index (χ2n) is 3.80. The summed E-state index contributed by atoms with van der Waals surface area (Å²) >= 11 is 0. The molecule has 1 aromatic carbocycles. The molecule has 0 spiro atoms. The van der Waals surface area contributed by atoms with Crippen LogP contribution in [0.25, 0.3) is 0 Å². The van der Waals surface area contributed by atoms with Crippen LogP contribution in [0.4, 0.5) is 8.78 Å². The minimum atomic E-state index is -0.778. The smallest absolute Gasteiger partial charge is 0.340 e. The summed E-state index contributed by atoms with van der Waals surface area (Å²) in [7, 11) is 1.16. The topological polar surface area (TPSA) is 26.3 Å². The van der Waals surface area contributed by atoms with Crippen LogP contribution >= 0.6 is 0 Å². The quantitative estimate of drug-likeness (QED) is 0.473. The molecule has 0 amide bonds. The molecule has 0 fully saturated rings. The summed E-state index contributed by atoms with van der Waals surface area (Å²) in [5.74, 6) is 5.18. The van der Waals surface area contributed by atoms with Gasteiger partial charge in [0.25, 0.3) is 0 Å². The van der Waals surface area contributed by atoms with Crippen molar-refractivity contribution in [3.8, 4) is 24.2 Å². The second-order valence-corrected chi connectivity index (χ2v) is 3.80. The minimum absolute atomic E-state index is 0.0254. The molecule has 0 saturated heterocycles. The molecule has 0 aliphatic rings. The molecule has 0 aromatic heterocycles. The Bertz CT molecular complexity index is 711. The van der Waals surface area contributed by atoms with Crippen LogP contribution in [0, 0.1) is 30.0 Å². The van der Waals surface area contributed by atoms with Gasteiger partial charge >= 0.3 is 5.97 Å². The Kier molecular flexibility index (Phi) is 5.92. The van der Waals surface area contributed by atoms with Crippen molar-refractivity contribution in [1.29, 1.82) is 0 Å². The van der Waals surface area contributed by atoms with Crippen molar-refractivity contribution in [2.24, 2.45) is 0 Å². The predicted octanol–water partition coefficient (Wildman–Crippen LogP) is 3.40. The summed E-state index contributed by atoms with van der Waals surface area (Å²) in [4.78, 5) is 11.2. The highest BCUT2D eigenvalue weighted by atomic mass is 19.1. The highest BCUT2D eigenvalue weighted by Gasteiger charge is 2.11. The Morgan fingerprint density at radius 3 is 2.67 bits per heavy atom. The largest absolute Gasteiger partial charge is 0.465 e. The van der Waals surface area contributed by atoms with E-state index in [1.807, 2.05) is 0 Å². The van der Waals surface area contributed by atoms with Crippen molar-refractivity contribution >= 4 is 5.97 Å². The van der Waals surface area contributed by atoms with Gasteiger partial charge in [-0.3, -0.25) is 0 Å². The monoisotopic (exact) mass is 286 g/mol. The summed E-state index contributed by atoms with van der Waals surface area (Å²) in [6, 6.07) is 3.76. The van der Waals surface area contributed by atoms with Gasteiger partial charge in [0.2, 0.25) is 0 Å². The fraction of sp³-hybridized carbons (Fsp3) is 0.118. The van der Waals surface area contributed by atoms with Crippen LogP contribution in [0.2, 0.25) is 0 Å². The summed E-state index contributed by atoms with van der Waals surface area (Å²) in [5.41, 5.74) is 0.117. The van der Waals surface area contributed by atoms with Gasteiger partial charge in [0.15, 0.2) is 0 Å². The van der Waals surface area contributed by atoms with Gasteiger partial charge in [-0.2, -0.15) is 0 Å². The van der Waals surface area contributed by atoms with Gasteiger partial charge in [0.1, 0.15) is 11.6 Å². The minimum Gasteiger partial charge on any atom is -0.465 e. The van der Waals surface area contributed by atoms with Gasteiger partial charge in [-0.05, 0) is 25.1 Å². The number of ether oxygens (including phenoxy) is 1. The fourth-order valence-electron chi connectivity index (χ4n) is 1.41. The Hall–Kier alpha value is -2.85. The lowest BCUT2D eigenvalue weighted by Gasteiger charge is -2.01. The zero-order valence-electron chi connectivity index (χ0n) is 11.5. The summed E-state index contributed by atoms with van der Waals surface area (Å²) in [6.07, 6.45) is 7.49. The first-order valence-corrected chi connectivity index (χ1v) is 5.91. The summed E-state index contributed by atoms with van der Waals surface area (Å²) < 4.78 is 31.6. The third kappa shape index (κ3) is 4.33. The van der Waals surface area contributed by atoms with E-state index in [2.05, 4.69) is 22.5 Å². The first-order chi connectivity index (χ1) is 10.0. The van der Waals surface area contributed by atoms with E-state index in [1.54, 1.807) is 0 Å². The van der Waals surface area contributed by atoms with E-state index in [0.717, 1.165) is 13.2 Å². The first-order valence-electron chi connectivity index (χ1n) is 5.91. The predicted molar refractivity (Wildman–Crippen MR) is 76.4 cm³/mol. The summed E-state index contributed by atoms with van der Waals surface area (Å²) in [6.45, 7) is 1.51. The van der Waals surface area contributed by atoms with Gasteiger partial charge < -0.3 is 4.74 Å². The van der Waals surface area contributed by atoms with Crippen LogP contribution in [0.15, 0.2) is 41.8 Å². The lowest BCUT2D eigenvalue weighted by atomic mass is 10.1. The number of methoxy groups -OCH3 is 1. The molecule has 0 atom stereocenters. The maximum atomic E-state index is 13.7.